The monoisotopic (exact) mass is 508 g/mol. The van der Waals surface area contributed by atoms with E-state index in [-0.39, 0.29) is 12.1 Å². The van der Waals surface area contributed by atoms with Crippen LogP contribution in [0.4, 0.5) is 74.6 Å². The Kier molecular flexibility index (Phi) is 6.67. The zero-order chi connectivity index (χ0) is 25.8. The van der Waals surface area contributed by atoms with Crippen LogP contribution in [-0.4, -0.2) is 42.2 Å². The van der Waals surface area contributed by atoms with E-state index in [0.717, 1.165) is 0 Å². The van der Waals surface area contributed by atoms with Crippen molar-refractivity contribution >= 4 is 5.57 Å². The molecule has 1 rings (SSSR count). The van der Waals surface area contributed by atoms with Crippen molar-refractivity contribution < 1.29 is 74.6 Å². The Morgan fingerprint density at radius 3 is 0.938 bits per heavy atom. The first kappa shape index (κ1) is 27.8. The van der Waals surface area contributed by atoms with Gasteiger partial charge in [0, 0.05) is 0 Å². The fraction of sp³-hybridized carbons (Fsp3) is 0.467. The second-order valence-corrected chi connectivity index (χ2v) is 5.92. The Morgan fingerprint density at radius 2 is 0.719 bits per heavy atom. The van der Waals surface area contributed by atoms with E-state index in [0.29, 0.717) is 18.2 Å². The van der Waals surface area contributed by atoms with Crippen molar-refractivity contribution in [2.45, 2.75) is 42.2 Å². The van der Waals surface area contributed by atoms with Gasteiger partial charge in [0.15, 0.2) is 0 Å². The lowest BCUT2D eigenvalue weighted by molar-refractivity contribution is -0.363. The summed E-state index contributed by atoms with van der Waals surface area (Å²) in [6, 6.07) is 0.984. The fourth-order valence-electron chi connectivity index (χ4n) is 2.52. The minimum atomic E-state index is -8.08. The zero-order valence-electron chi connectivity index (χ0n) is 14.3. The molecule has 17 heteroatoms. The highest BCUT2D eigenvalue weighted by atomic mass is 19.4. The summed E-state index contributed by atoms with van der Waals surface area (Å²) in [5.74, 6) is 0. The van der Waals surface area contributed by atoms with Gasteiger partial charge in [0.2, 0.25) is 0 Å². The summed E-state index contributed by atoms with van der Waals surface area (Å²) >= 11 is 0. The van der Waals surface area contributed by atoms with Crippen molar-refractivity contribution in [2.24, 2.45) is 0 Å². The molecule has 184 valence electrons. The first-order valence-corrected chi connectivity index (χ1v) is 7.37. The van der Waals surface area contributed by atoms with E-state index in [1.807, 2.05) is 0 Å². The SMILES string of the molecule is FC(F)(F)C(=C(C(F)(C(F)(F)F)C(F)(F)F)C(F)(C(F)(F)F)C(F)(F)F)c1ccccc1. The molecule has 0 radical (unpaired) electrons. The average molecular weight is 508 g/mol. The maximum atomic E-state index is 14.4. The first-order valence-electron chi connectivity index (χ1n) is 7.37. The molecule has 0 atom stereocenters. The summed E-state index contributed by atoms with van der Waals surface area (Å²) in [7, 11) is 0. The molecule has 1 aromatic rings. The summed E-state index contributed by atoms with van der Waals surface area (Å²) < 4.78 is 225. The van der Waals surface area contributed by atoms with Gasteiger partial charge in [-0.3, -0.25) is 0 Å². The lowest BCUT2D eigenvalue weighted by Crippen LogP contribution is -2.66. The minimum absolute atomic E-state index is 0.191. The molecule has 0 aliphatic carbocycles. The standard InChI is InChI=1S/C15H5F17/c16-9(12(21,22)23,13(24,25)26)8(10(17,14(27,28)29)15(30,31)32)7(11(18,19)20)6-4-2-1-3-5-6/h1-5H. The molecule has 0 fully saturated rings. The normalized spacial score (nSPS) is 15.0. The number of hydrogen-bond acceptors (Lipinski definition) is 0. The second-order valence-electron chi connectivity index (χ2n) is 5.92. The molecule has 1 aromatic carbocycles. The van der Waals surface area contributed by atoms with Crippen LogP contribution in [0.2, 0.25) is 0 Å². The molecule has 0 nitrogen and oxygen atoms in total. The molecule has 0 spiro atoms. The van der Waals surface area contributed by atoms with Crippen LogP contribution in [0, 0.1) is 0 Å². The van der Waals surface area contributed by atoms with Crippen molar-refractivity contribution in [2.75, 3.05) is 0 Å². The summed E-state index contributed by atoms with van der Waals surface area (Å²) in [6.07, 6.45) is -38.8. The summed E-state index contributed by atoms with van der Waals surface area (Å²) in [5.41, 5.74) is -27.8. The van der Waals surface area contributed by atoms with Gasteiger partial charge < -0.3 is 0 Å². The highest BCUT2D eigenvalue weighted by Crippen LogP contribution is 2.64. The summed E-state index contributed by atoms with van der Waals surface area (Å²) in [4.78, 5) is 0. The Labute approximate surface area is 165 Å². The first-order chi connectivity index (χ1) is 13.8. The van der Waals surface area contributed by atoms with E-state index in [1.54, 1.807) is 0 Å². The largest absolute Gasteiger partial charge is 0.435 e. The zero-order valence-corrected chi connectivity index (χ0v) is 14.3. The molecule has 32 heavy (non-hydrogen) atoms. The van der Waals surface area contributed by atoms with Crippen LogP contribution in [-0.2, 0) is 0 Å². The van der Waals surface area contributed by atoms with Crippen molar-refractivity contribution in [3.05, 3.63) is 41.5 Å². The summed E-state index contributed by atoms with van der Waals surface area (Å²) in [5, 5.41) is 0. The molecule has 0 aliphatic heterocycles. The van der Waals surface area contributed by atoms with E-state index in [1.165, 1.54) is 0 Å². The van der Waals surface area contributed by atoms with Crippen LogP contribution in [0.5, 0.6) is 0 Å². The molecular formula is C15H5F17. The molecule has 0 heterocycles. The molecule has 0 unspecified atom stereocenters. The Morgan fingerprint density at radius 1 is 0.438 bits per heavy atom. The molecule has 0 aliphatic rings. The van der Waals surface area contributed by atoms with Gasteiger partial charge in [0.05, 0.1) is 11.1 Å². The maximum Gasteiger partial charge on any atom is 0.435 e. The molecule has 0 saturated heterocycles. The van der Waals surface area contributed by atoms with Gasteiger partial charge in [-0.1, -0.05) is 30.3 Å². The Bertz CT molecular complexity index is 760. The van der Waals surface area contributed by atoms with Crippen molar-refractivity contribution in [3.8, 4) is 0 Å². The fourth-order valence-corrected chi connectivity index (χ4v) is 2.52. The van der Waals surface area contributed by atoms with Gasteiger partial charge in [-0.05, 0) is 5.56 Å². The third-order valence-electron chi connectivity index (χ3n) is 3.85. The molecular weight excluding hydrogens is 503 g/mol. The van der Waals surface area contributed by atoms with Crippen LogP contribution >= 0.6 is 0 Å². The van der Waals surface area contributed by atoms with Crippen LogP contribution in [0.15, 0.2) is 35.9 Å². The highest BCUT2D eigenvalue weighted by Gasteiger charge is 2.87. The third kappa shape index (κ3) is 4.33. The average Bonchev–Trinajstić information content (AvgIpc) is 2.53. The van der Waals surface area contributed by atoms with Gasteiger partial charge in [-0.2, -0.15) is 65.9 Å². The quantitative estimate of drug-likeness (QED) is 0.368. The lowest BCUT2D eigenvalue weighted by Gasteiger charge is -2.41. The molecule has 0 aromatic heterocycles. The van der Waals surface area contributed by atoms with Gasteiger partial charge in [0.1, 0.15) is 0 Å². The third-order valence-corrected chi connectivity index (χ3v) is 3.85. The number of allylic oxidation sites excluding steroid dienone is 2. The topological polar surface area (TPSA) is 0 Å². The summed E-state index contributed by atoms with van der Waals surface area (Å²) in [6.45, 7) is 0. The van der Waals surface area contributed by atoms with Gasteiger partial charge in [-0.25, -0.2) is 8.78 Å². The van der Waals surface area contributed by atoms with E-state index in [9.17, 15) is 74.6 Å². The number of hydrogen-bond donors (Lipinski definition) is 0. The van der Waals surface area contributed by atoms with Crippen LogP contribution in [0.1, 0.15) is 5.56 Å². The van der Waals surface area contributed by atoms with E-state index in [4.69, 9.17) is 0 Å². The molecule has 0 amide bonds. The van der Waals surface area contributed by atoms with Crippen molar-refractivity contribution in [1.29, 1.82) is 0 Å². The maximum absolute atomic E-state index is 14.4. The van der Waals surface area contributed by atoms with Crippen LogP contribution in [0.25, 0.3) is 5.57 Å². The van der Waals surface area contributed by atoms with Crippen LogP contribution in [0.3, 0.4) is 0 Å². The lowest BCUT2D eigenvalue weighted by atomic mass is 9.76. The number of rotatable bonds is 3. The smallest absolute Gasteiger partial charge is 0.218 e. The van der Waals surface area contributed by atoms with E-state index >= 15 is 0 Å². The number of benzene rings is 1. The predicted molar refractivity (Wildman–Crippen MR) is 71.3 cm³/mol. The number of halogens is 17. The van der Waals surface area contributed by atoms with Gasteiger partial charge in [0.25, 0.3) is 0 Å². The molecule has 0 saturated carbocycles. The molecule has 0 bridgehead atoms. The van der Waals surface area contributed by atoms with Gasteiger partial charge in [-0.15, -0.1) is 0 Å². The molecule has 0 N–H and O–H groups in total. The van der Waals surface area contributed by atoms with Crippen LogP contribution < -0.4 is 0 Å². The van der Waals surface area contributed by atoms with Gasteiger partial charge >= 0.3 is 42.2 Å². The minimum Gasteiger partial charge on any atom is -0.218 e. The Balaban J connectivity index is 4.66. The highest BCUT2D eigenvalue weighted by molar-refractivity contribution is 5.77. The van der Waals surface area contributed by atoms with Crippen molar-refractivity contribution in [3.63, 3.8) is 0 Å². The number of alkyl halides is 17. The van der Waals surface area contributed by atoms with Crippen molar-refractivity contribution in [1.82, 2.24) is 0 Å². The van der Waals surface area contributed by atoms with E-state index < -0.39 is 58.9 Å². The Hall–Kier alpha value is -2.23. The predicted octanol–water partition coefficient (Wildman–Crippen LogP) is 7.67. The van der Waals surface area contributed by atoms with E-state index in [2.05, 4.69) is 0 Å². The second kappa shape index (κ2) is 7.67.